The van der Waals surface area contributed by atoms with Crippen molar-refractivity contribution in [3.05, 3.63) is 68.9 Å². The molecule has 0 aromatic heterocycles. The van der Waals surface area contributed by atoms with Crippen LogP contribution in [0.15, 0.2) is 54.2 Å². The Bertz CT molecular complexity index is 834. The summed E-state index contributed by atoms with van der Waals surface area (Å²) in [6.07, 6.45) is 1.68. The molecule has 3 rings (SSSR count). The zero-order valence-electron chi connectivity index (χ0n) is 13.7. The van der Waals surface area contributed by atoms with E-state index >= 15 is 0 Å². The number of ether oxygens (including phenoxy) is 1. The molecule has 1 aliphatic rings. The number of benzene rings is 2. The molecule has 1 heterocycles. The molecule has 1 saturated heterocycles. The lowest BCUT2D eigenvalue weighted by atomic mass is 10.2. The lowest BCUT2D eigenvalue weighted by Crippen LogP contribution is -2.30. The van der Waals surface area contributed by atoms with Crippen LogP contribution >= 0.6 is 22.6 Å². The SMILES string of the molecule is CCN1C(=O)N/C(=C/c2ccc(OCc3ccccc3)c(I)c2)C1=O. The summed E-state index contributed by atoms with van der Waals surface area (Å²) < 4.78 is 6.78. The molecule has 0 radical (unpaired) electrons. The molecule has 1 fully saturated rings. The number of likely N-dealkylation sites (N-methyl/N-ethyl adjacent to an activating group) is 1. The summed E-state index contributed by atoms with van der Waals surface area (Å²) in [5.41, 5.74) is 2.22. The van der Waals surface area contributed by atoms with Crippen LogP contribution in [0.2, 0.25) is 0 Å². The van der Waals surface area contributed by atoms with Crippen LogP contribution in [0.1, 0.15) is 18.1 Å². The van der Waals surface area contributed by atoms with E-state index in [1.54, 1.807) is 13.0 Å². The molecule has 128 valence electrons. The van der Waals surface area contributed by atoms with E-state index in [1.165, 1.54) is 4.90 Å². The van der Waals surface area contributed by atoms with E-state index in [1.807, 2.05) is 48.5 Å². The van der Waals surface area contributed by atoms with Crippen molar-refractivity contribution in [2.24, 2.45) is 0 Å². The summed E-state index contributed by atoms with van der Waals surface area (Å²) in [6.45, 7) is 2.62. The van der Waals surface area contributed by atoms with Gasteiger partial charge in [0, 0.05) is 6.54 Å². The molecule has 0 bridgehead atoms. The van der Waals surface area contributed by atoms with Gasteiger partial charge in [0.2, 0.25) is 0 Å². The summed E-state index contributed by atoms with van der Waals surface area (Å²) in [7, 11) is 0. The lowest BCUT2D eigenvalue weighted by Gasteiger charge is -2.09. The minimum absolute atomic E-state index is 0.292. The van der Waals surface area contributed by atoms with Crippen LogP contribution in [0, 0.1) is 3.57 Å². The molecule has 25 heavy (non-hydrogen) atoms. The zero-order valence-corrected chi connectivity index (χ0v) is 15.8. The van der Waals surface area contributed by atoms with E-state index in [0.29, 0.717) is 18.8 Å². The topological polar surface area (TPSA) is 58.6 Å². The van der Waals surface area contributed by atoms with Crippen molar-refractivity contribution in [3.8, 4) is 5.75 Å². The third-order valence-electron chi connectivity index (χ3n) is 3.78. The van der Waals surface area contributed by atoms with Crippen molar-refractivity contribution in [2.75, 3.05) is 6.54 Å². The van der Waals surface area contributed by atoms with Crippen LogP contribution in [-0.2, 0) is 11.4 Å². The Balaban J connectivity index is 1.73. The highest BCUT2D eigenvalue weighted by Crippen LogP contribution is 2.25. The number of imide groups is 1. The molecule has 3 amide bonds. The van der Waals surface area contributed by atoms with Crippen molar-refractivity contribution in [3.63, 3.8) is 0 Å². The predicted octanol–water partition coefficient (Wildman–Crippen LogP) is 3.78. The Morgan fingerprint density at radius 2 is 1.92 bits per heavy atom. The van der Waals surface area contributed by atoms with Gasteiger partial charge in [-0.2, -0.15) is 0 Å². The minimum atomic E-state index is -0.378. The van der Waals surface area contributed by atoms with Gasteiger partial charge in [0.25, 0.3) is 5.91 Å². The maximum Gasteiger partial charge on any atom is 0.328 e. The highest BCUT2D eigenvalue weighted by molar-refractivity contribution is 14.1. The van der Waals surface area contributed by atoms with Gasteiger partial charge in [0.1, 0.15) is 18.1 Å². The van der Waals surface area contributed by atoms with E-state index in [-0.39, 0.29) is 11.9 Å². The van der Waals surface area contributed by atoms with Gasteiger partial charge in [-0.25, -0.2) is 4.79 Å². The molecular weight excluding hydrogens is 431 g/mol. The summed E-state index contributed by atoms with van der Waals surface area (Å²) >= 11 is 2.20. The Hall–Kier alpha value is -2.35. The number of carbonyl (C=O) groups is 2. The number of urea groups is 1. The molecule has 2 aromatic carbocycles. The standard InChI is InChI=1S/C19H17IN2O3/c1-2-22-18(23)16(21-19(22)24)11-14-8-9-17(15(20)10-14)25-12-13-6-4-3-5-7-13/h3-11H,2,12H2,1H3,(H,21,24)/b16-11+. The summed E-state index contributed by atoms with van der Waals surface area (Å²) in [5.74, 6) is 0.482. The van der Waals surface area contributed by atoms with Crippen LogP contribution in [-0.4, -0.2) is 23.4 Å². The Kier molecular flexibility index (Phi) is 5.37. The number of halogens is 1. The maximum atomic E-state index is 12.1. The minimum Gasteiger partial charge on any atom is -0.488 e. The van der Waals surface area contributed by atoms with E-state index in [9.17, 15) is 9.59 Å². The number of nitrogens with one attached hydrogen (secondary N) is 1. The summed E-state index contributed by atoms with van der Waals surface area (Å²) in [6, 6.07) is 15.2. The van der Waals surface area contributed by atoms with E-state index in [0.717, 1.165) is 20.4 Å². The van der Waals surface area contributed by atoms with Crippen LogP contribution in [0.25, 0.3) is 6.08 Å². The first-order valence-electron chi connectivity index (χ1n) is 7.89. The molecule has 0 unspecified atom stereocenters. The Labute approximate surface area is 159 Å². The number of rotatable bonds is 5. The first-order valence-corrected chi connectivity index (χ1v) is 8.97. The Morgan fingerprint density at radius 3 is 2.56 bits per heavy atom. The van der Waals surface area contributed by atoms with E-state index < -0.39 is 0 Å². The zero-order chi connectivity index (χ0) is 17.8. The van der Waals surface area contributed by atoms with Crippen LogP contribution in [0.4, 0.5) is 4.79 Å². The third kappa shape index (κ3) is 4.01. The number of nitrogens with zero attached hydrogens (tertiary/aromatic N) is 1. The van der Waals surface area contributed by atoms with Gasteiger partial charge in [-0.15, -0.1) is 0 Å². The molecule has 1 aliphatic heterocycles. The van der Waals surface area contributed by atoms with Crippen LogP contribution in [0.5, 0.6) is 5.75 Å². The van der Waals surface area contributed by atoms with Crippen molar-refractivity contribution in [1.29, 1.82) is 0 Å². The molecule has 2 aromatic rings. The summed E-state index contributed by atoms with van der Waals surface area (Å²) in [4.78, 5) is 25.0. The van der Waals surface area contributed by atoms with Gasteiger partial charge in [-0.1, -0.05) is 36.4 Å². The quantitative estimate of drug-likeness (QED) is 0.431. The van der Waals surface area contributed by atoms with Gasteiger partial charge < -0.3 is 10.1 Å². The van der Waals surface area contributed by atoms with Crippen LogP contribution < -0.4 is 10.1 Å². The Morgan fingerprint density at radius 1 is 1.16 bits per heavy atom. The highest BCUT2D eigenvalue weighted by atomic mass is 127. The number of hydrogen-bond acceptors (Lipinski definition) is 3. The molecule has 0 atom stereocenters. The molecule has 0 spiro atoms. The second-order valence-electron chi connectivity index (χ2n) is 5.50. The number of hydrogen-bond donors (Lipinski definition) is 1. The molecule has 1 N–H and O–H groups in total. The monoisotopic (exact) mass is 448 g/mol. The van der Waals surface area contributed by atoms with Gasteiger partial charge in [0.15, 0.2) is 0 Å². The predicted molar refractivity (Wildman–Crippen MR) is 104 cm³/mol. The second kappa shape index (κ2) is 7.69. The van der Waals surface area contributed by atoms with Crippen LogP contribution in [0.3, 0.4) is 0 Å². The van der Waals surface area contributed by atoms with Gasteiger partial charge in [-0.3, -0.25) is 9.69 Å². The second-order valence-corrected chi connectivity index (χ2v) is 6.66. The summed E-state index contributed by atoms with van der Waals surface area (Å²) in [5, 5.41) is 2.60. The fourth-order valence-electron chi connectivity index (χ4n) is 2.48. The average Bonchev–Trinajstić information content (AvgIpc) is 2.88. The fourth-order valence-corrected chi connectivity index (χ4v) is 3.18. The number of amides is 3. The normalized spacial score (nSPS) is 15.6. The molecule has 0 saturated carbocycles. The largest absolute Gasteiger partial charge is 0.488 e. The maximum absolute atomic E-state index is 12.1. The molecular formula is C19H17IN2O3. The average molecular weight is 448 g/mol. The molecule has 6 heteroatoms. The third-order valence-corrected chi connectivity index (χ3v) is 4.63. The number of carbonyl (C=O) groups excluding carboxylic acids is 2. The van der Waals surface area contributed by atoms with Gasteiger partial charge in [-0.05, 0) is 58.9 Å². The van der Waals surface area contributed by atoms with Gasteiger partial charge >= 0.3 is 6.03 Å². The molecule has 0 aliphatic carbocycles. The highest BCUT2D eigenvalue weighted by Gasteiger charge is 2.31. The van der Waals surface area contributed by atoms with E-state index in [2.05, 4.69) is 27.9 Å². The van der Waals surface area contributed by atoms with Crippen molar-refractivity contribution in [2.45, 2.75) is 13.5 Å². The van der Waals surface area contributed by atoms with Crippen molar-refractivity contribution in [1.82, 2.24) is 10.2 Å². The first-order chi connectivity index (χ1) is 12.1. The van der Waals surface area contributed by atoms with Gasteiger partial charge in [0.05, 0.1) is 3.57 Å². The van der Waals surface area contributed by atoms with E-state index in [4.69, 9.17) is 4.74 Å². The fraction of sp³-hybridized carbons (Fsp3) is 0.158. The van der Waals surface area contributed by atoms with Crippen molar-refractivity contribution >= 4 is 40.6 Å². The first kappa shape index (κ1) is 17.5. The smallest absolute Gasteiger partial charge is 0.328 e. The lowest BCUT2D eigenvalue weighted by molar-refractivity contribution is -0.122. The molecule has 5 nitrogen and oxygen atoms in total. The van der Waals surface area contributed by atoms with Crippen molar-refractivity contribution < 1.29 is 14.3 Å².